The highest BCUT2D eigenvalue weighted by Crippen LogP contribution is 2.20. The van der Waals surface area contributed by atoms with Crippen LogP contribution in [0.5, 0.6) is 5.75 Å². The number of benzene rings is 1. The lowest BCUT2D eigenvalue weighted by Gasteiger charge is -2.17. The summed E-state index contributed by atoms with van der Waals surface area (Å²) in [6, 6.07) is 6.28. The van der Waals surface area contributed by atoms with E-state index in [4.69, 9.17) is 10.8 Å². The number of rotatable bonds is 6. The molecule has 0 aliphatic carbocycles. The van der Waals surface area contributed by atoms with Gasteiger partial charge in [0.1, 0.15) is 5.75 Å². The first-order chi connectivity index (χ1) is 9.60. The molecular weight excluding hydrogens is 260 g/mol. The molecular formula is C13H16N4O3. The number of carboxylic acids is 1. The number of aromatic hydroxyl groups is 1. The number of phenolic OH excluding ortho intramolecular Hbond substituents is 1. The molecule has 0 saturated carbocycles. The van der Waals surface area contributed by atoms with Crippen molar-refractivity contribution in [1.29, 1.82) is 0 Å². The number of carbonyl (C=O) groups is 1. The van der Waals surface area contributed by atoms with E-state index in [1.165, 1.54) is 6.20 Å². The van der Waals surface area contributed by atoms with Gasteiger partial charge in [0.25, 0.3) is 0 Å². The van der Waals surface area contributed by atoms with Crippen LogP contribution in [0.15, 0.2) is 30.5 Å². The molecule has 0 aliphatic heterocycles. The molecule has 7 nitrogen and oxygen atoms in total. The second-order valence-electron chi connectivity index (χ2n) is 4.50. The Hall–Kier alpha value is -2.41. The van der Waals surface area contributed by atoms with E-state index in [-0.39, 0.29) is 24.8 Å². The number of carboxylic acid groups (broad SMARTS) is 1. The Bertz CT molecular complexity index is 580. The van der Waals surface area contributed by atoms with Gasteiger partial charge in [-0.1, -0.05) is 17.3 Å². The summed E-state index contributed by atoms with van der Waals surface area (Å²) in [5, 5.41) is 26.0. The van der Waals surface area contributed by atoms with Crippen molar-refractivity contribution in [3.8, 4) is 5.75 Å². The average molecular weight is 276 g/mol. The van der Waals surface area contributed by atoms with Crippen LogP contribution in [0.3, 0.4) is 0 Å². The summed E-state index contributed by atoms with van der Waals surface area (Å²) in [6.45, 7) is 0.249. The summed E-state index contributed by atoms with van der Waals surface area (Å²) in [7, 11) is 0. The molecule has 2 aromatic rings. The minimum atomic E-state index is -0.910. The van der Waals surface area contributed by atoms with Crippen molar-refractivity contribution < 1.29 is 15.0 Å². The molecule has 0 saturated heterocycles. The predicted molar refractivity (Wildman–Crippen MR) is 71.0 cm³/mol. The fraction of sp³-hybridized carbons (Fsp3) is 0.308. The van der Waals surface area contributed by atoms with Crippen LogP contribution in [0, 0.1) is 0 Å². The highest BCUT2D eigenvalue weighted by Gasteiger charge is 2.19. The van der Waals surface area contributed by atoms with Gasteiger partial charge in [0.2, 0.25) is 0 Å². The van der Waals surface area contributed by atoms with E-state index in [1.807, 2.05) is 0 Å². The molecule has 20 heavy (non-hydrogen) atoms. The zero-order valence-corrected chi connectivity index (χ0v) is 10.8. The Morgan fingerprint density at radius 2 is 2.05 bits per heavy atom. The van der Waals surface area contributed by atoms with Gasteiger partial charge in [-0.2, -0.15) is 0 Å². The topological polar surface area (TPSA) is 114 Å². The van der Waals surface area contributed by atoms with Crippen molar-refractivity contribution in [2.24, 2.45) is 5.73 Å². The summed E-state index contributed by atoms with van der Waals surface area (Å²) >= 11 is 0. The van der Waals surface area contributed by atoms with E-state index >= 15 is 0 Å². The van der Waals surface area contributed by atoms with Crippen molar-refractivity contribution in [2.45, 2.75) is 25.4 Å². The van der Waals surface area contributed by atoms with Crippen LogP contribution in [0.1, 0.15) is 23.7 Å². The van der Waals surface area contributed by atoms with Crippen LogP contribution in [-0.4, -0.2) is 31.2 Å². The third-order valence-corrected chi connectivity index (χ3v) is 3.02. The Morgan fingerprint density at radius 3 is 2.65 bits per heavy atom. The molecule has 1 aromatic carbocycles. The molecule has 0 aliphatic rings. The average Bonchev–Trinajstić information content (AvgIpc) is 2.88. The molecule has 0 spiro atoms. The van der Waals surface area contributed by atoms with Crippen LogP contribution in [-0.2, 0) is 17.8 Å². The maximum absolute atomic E-state index is 11.0. The van der Waals surface area contributed by atoms with Crippen LogP contribution >= 0.6 is 0 Å². The number of aliphatic carboxylic acids is 1. The molecule has 0 fully saturated rings. The van der Waals surface area contributed by atoms with E-state index in [9.17, 15) is 9.90 Å². The number of hydrogen-bond acceptors (Lipinski definition) is 5. The smallest absolute Gasteiger partial charge is 0.305 e. The number of nitrogens with two attached hydrogens (primary N) is 1. The van der Waals surface area contributed by atoms with Crippen molar-refractivity contribution in [3.05, 3.63) is 41.7 Å². The molecule has 1 heterocycles. The Kier molecular flexibility index (Phi) is 4.31. The SMILES string of the molecule is NCc1cnnn1[C@H](CC(=O)O)Cc1ccc(O)cc1. The zero-order valence-electron chi connectivity index (χ0n) is 10.8. The fourth-order valence-electron chi connectivity index (χ4n) is 2.07. The predicted octanol–water partition coefficient (Wildman–Crippen LogP) is 0.701. The number of hydrogen-bond donors (Lipinski definition) is 3. The van der Waals surface area contributed by atoms with Gasteiger partial charge in [-0.3, -0.25) is 4.79 Å². The molecule has 1 atom stereocenters. The third-order valence-electron chi connectivity index (χ3n) is 3.02. The lowest BCUT2D eigenvalue weighted by atomic mass is 10.0. The van der Waals surface area contributed by atoms with Crippen LogP contribution in [0.25, 0.3) is 0 Å². The third kappa shape index (κ3) is 3.33. The first-order valence-corrected chi connectivity index (χ1v) is 6.19. The van der Waals surface area contributed by atoms with E-state index in [2.05, 4.69) is 10.3 Å². The minimum Gasteiger partial charge on any atom is -0.508 e. The summed E-state index contributed by atoms with van der Waals surface area (Å²) in [5.41, 5.74) is 7.20. The maximum Gasteiger partial charge on any atom is 0.305 e. The first kappa shape index (κ1) is 14.0. The van der Waals surface area contributed by atoms with Crippen LogP contribution in [0.4, 0.5) is 0 Å². The van der Waals surface area contributed by atoms with Crippen molar-refractivity contribution >= 4 is 5.97 Å². The standard InChI is InChI=1S/C13H16N4O3/c14-7-11-8-15-16-17(11)10(6-13(19)20)5-9-1-3-12(18)4-2-9/h1-4,8,10,18H,5-7,14H2,(H,19,20)/t10-/m0/s1. The molecule has 106 valence electrons. The summed E-state index contributed by atoms with van der Waals surface area (Å²) in [6.07, 6.45) is 1.94. The molecule has 0 radical (unpaired) electrons. The van der Waals surface area contributed by atoms with Gasteiger partial charge < -0.3 is 15.9 Å². The van der Waals surface area contributed by atoms with E-state index < -0.39 is 5.97 Å². The van der Waals surface area contributed by atoms with Gasteiger partial charge in [-0.05, 0) is 24.1 Å². The second kappa shape index (κ2) is 6.16. The lowest BCUT2D eigenvalue weighted by Crippen LogP contribution is -2.20. The summed E-state index contributed by atoms with van der Waals surface area (Å²) < 4.78 is 1.56. The number of nitrogens with zero attached hydrogens (tertiary/aromatic N) is 3. The van der Waals surface area contributed by atoms with E-state index in [0.29, 0.717) is 12.1 Å². The largest absolute Gasteiger partial charge is 0.508 e. The zero-order chi connectivity index (χ0) is 14.5. The quantitative estimate of drug-likeness (QED) is 0.715. The summed E-state index contributed by atoms with van der Waals surface area (Å²) in [4.78, 5) is 11.0. The first-order valence-electron chi connectivity index (χ1n) is 6.19. The van der Waals surface area contributed by atoms with Crippen LogP contribution in [0.2, 0.25) is 0 Å². The van der Waals surface area contributed by atoms with Gasteiger partial charge in [-0.25, -0.2) is 4.68 Å². The highest BCUT2D eigenvalue weighted by atomic mass is 16.4. The Labute approximate surface area is 115 Å². The van der Waals surface area contributed by atoms with Gasteiger partial charge >= 0.3 is 5.97 Å². The Balaban J connectivity index is 2.23. The summed E-state index contributed by atoms with van der Waals surface area (Å²) in [5.74, 6) is -0.737. The van der Waals surface area contributed by atoms with Crippen LogP contribution < -0.4 is 5.73 Å². The molecule has 1 aromatic heterocycles. The van der Waals surface area contributed by atoms with E-state index in [1.54, 1.807) is 28.9 Å². The van der Waals surface area contributed by atoms with Crippen molar-refractivity contribution in [1.82, 2.24) is 15.0 Å². The highest BCUT2D eigenvalue weighted by molar-refractivity contribution is 5.67. The Morgan fingerprint density at radius 1 is 1.35 bits per heavy atom. The van der Waals surface area contributed by atoms with Crippen molar-refractivity contribution in [2.75, 3.05) is 0 Å². The molecule has 4 N–H and O–H groups in total. The molecule has 0 unspecified atom stereocenters. The lowest BCUT2D eigenvalue weighted by molar-refractivity contribution is -0.138. The van der Waals surface area contributed by atoms with Crippen molar-refractivity contribution in [3.63, 3.8) is 0 Å². The monoisotopic (exact) mass is 276 g/mol. The molecule has 7 heteroatoms. The second-order valence-corrected chi connectivity index (χ2v) is 4.50. The van der Waals surface area contributed by atoms with Gasteiger partial charge in [-0.15, -0.1) is 5.10 Å². The van der Waals surface area contributed by atoms with Gasteiger partial charge in [0.05, 0.1) is 24.4 Å². The van der Waals surface area contributed by atoms with Gasteiger partial charge in [0, 0.05) is 6.54 Å². The normalized spacial score (nSPS) is 12.2. The molecule has 2 rings (SSSR count). The molecule has 0 amide bonds. The number of aromatic nitrogens is 3. The maximum atomic E-state index is 11.0. The molecule has 0 bridgehead atoms. The number of phenols is 1. The minimum absolute atomic E-state index is 0.0722. The fourth-order valence-corrected chi connectivity index (χ4v) is 2.07. The van der Waals surface area contributed by atoms with E-state index in [0.717, 1.165) is 5.56 Å². The van der Waals surface area contributed by atoms with Gasteiger partial charge in [0.15, 0.2) is 0 Å².